The highest BCUT2D eigenvalue weighted by atomic mass is 16.8. The van der Waals surface area contributed by atoms with Crippen molar-refractivity contribution in [3.63, 3.8) is 0 Å². The minimum Gasteiger partial charge on any atom is -0.477 e. The van der Waals surface area contributed by atoms with Gasteiger partial charge in [0.1, 0.15) is 146 Å². The first-order valence-corrected chi connectivity index (χ1v) is 33.4. The van der Waals surface area contributed by atoms with Crippen molar-refractivity contribution in [1.29, 1.82) is 0 Å². The van der Waals surface area contributed by atoms with Gasteiger partial charge in [0.15, 0.2) is 37.7 Å². The van der Waals surface area contributed by atoms with Crippen molar-refractivity contribution in [3.05, 3.63) is 0 Å². The number of nitrogens with one attached hydrogen (secondary N) is 2. The molecule has 0 spiro atoms. The van der Waals surface area contributed by atoms with Crippen LogP contribution in [0.15, 0.2) is 0 Å². The Hall–Kier alpha value is -3.68. The topological polar surface area (TPSA) is 780 Å². The third kappa shape index (κ3) is 18.9. The molecule has 105 heavy (non-hydrogen) atoms. The van der Waals surface area contributed by atoms with Crippen molar-refractivity contribution in [2.24, 2.45) is 22.9 Å². The molecule has 0 radical (unpaired) electrons. The second kappa shape index (κ2) is 36.2. The number of aliphatic hydroxyl groups excluding tert-OH is 20. The molecule has 8 saturated heterocycles. The van der Waals surface area contributed by atoms with Crippen molar-refractivity contribution < 1.29 is 203 Å². The molecule has 0 aromatic heterocycles. The fourth-order valence-electron chi connectivity index (χ4n) is 13.3. The zero-order chi connectivity index (χ0) is 78.1. The third-order valence-corrected chi connectivity index (χ3v) is 19.6. The van der Waals surface area contributed by atoms with Gasteiger partial charge in [-0.15, -0.1) is 0 Å². The van der Waals surface area contributed by atoms with E-state index in [1.54, 1.807) is 0 Å². The van der Waals surface area contributed by atoms with Crippen molar-refractivity contribution in [2.45, 2.75) is 297 Å². The number of rotatable bonds is 28. The number of hydrogen-bond donors (Lipinski definition) is 28. The molecular weight excluding hydrogens is 1440 g/mol. The van der Waals surface area contributed by atoms with Gasteiger partial charge >= 0.3 is 11.9 Å². The number of carboxylic acids is 2. The maximum absolute atomic E-state index is 13.2. The SMILES string of the molecule is CC(=O)N[C@H]1[C@H](O[C@H]2[C@@H](O)[C@@H](CO[C@@H]3O[C@H](CO[C@]4(C(=O)O)C[C@H](O)[C@H](N)[C@H]([C@@H](N)[C@H](C)O)O4)[C@@H](O)[C@H](O)[C@H]3O)O[C@@H](O[C@H]3[C@@H](O)[C@@H](CO)OC(O)[C@@H]3NC(C)=O)[C@@H]2O)O[C@H](CO)[C@H](O)[C@@H]1O[C@@H]1O[C@H](CO[C@@H]2O[C@H](CO[C@]3(C(=O)O)C[C@H](O)[C@H](N)[C@H]([C@@H](N)[C@H](C)O)O3)[C@@H](O)[C@H](O)[C@H]2O)[C@H](O)[C@H](O)[C@H]1O. The number of hydrogen-bond acceptors (Lipinski definition) is 43. The lowest BCUT2D eigenvalue weighted by molar-refractivity contribution is -0.380. The van der Waals surface area contributed by atoms with Crippen LogP contribution in [0.4, 0.5) is 0 Å². The zero-order valence-electron chi connectivity index (χ0n) is 56.7. The van der Waals surface area contributed by atoms with E-state index in [2.05, 4.69) is 10.6 Å². The summed E-state index contributed by atoms with van der Waals surface area (Å²) in [5.74, 6) is -11.2. The Labute approximate surface area is 595 Å². The van der Waals surface area contributed by atoms with Crippen LogP contribution >= 0.6 is 0 Å². The Morgan fingerprint density at radius 1 is 0.429 bits per heavy atom. The summed E-state index contributed by atoms with van der Waals surface area (Å²) in [6.07, 6.45) is -70.5. The lowest BCUT2D eigenvalue weighted by Crippen LogP contribution is -2.70. The number of carboxylic acid groups (broad SMARTS) is 2. The van der Waals surface area contributed by atoms with E-state index in [0.717, 1.165) is 13.8 Å². The number of carbonyl (C=O) groups excluding carboxylic acids is 2. The van der Waals surface area contributed by atoms with Crippen LogP contribution in [0.25, 0.3) is 0 Å². The second-order valence-corrected chi connectivity index (χ2v) is 27.2. The minimum absolute atomic E-state index is 0.842. The minimum atomic E-state index is -2.82. The standard InChI is InChI=1S/C58H100N6O41/c1-13(67)25(59)44-27(61)17(71)5-57(104-44,55(87)88)93-11-23-32(74)37(79)40(82)51(97-23)91-9-21-31(73)39(81)42(84)53(99-21)102-47-30(64-16(4)70)50(96-20(8-66)35(47)77)103-48-36(78)22(100-54(43(48)85)101-46-29(63-15(3)69)49(86)95-19(7-65)34(46)76)10-92-52-41(83)38(80)33(75)24(98-52)12-94-58(56(89)90)6-18(72)28(62)45(105-58)26(60)14(2)68/h13-14,17-54,65-68,71-86H,5-12,59-62H2,1-4H3,(H,63,69)(H,64,70)(H,87,88)(H,89,90)/t13-,14-,17-,18-,19+,20+,21+,22+,23+,24+,25-,26-,27-,28-,29+,30+,31-,32+,33+,34-,35-,36-,37-,38-,39-,40+,41+,42+,43+,44-,45-,46+,47+,48-,49?,50-,51+,52+,53-,54-,57+,58+/m0/s1. The number of aliphatic carboxylic acids is 2. The Morgan fingerprint density at radius 3 is 1.14 bits per heavy atom. The molecule has 47 nitrogen and oxygen atoms in total. The number of carbonyl (C=O) groups is 4. The van der Waals surface area contributed by atoms with Crippen molar-refractivity contribution in [1.82, 2.24) is 10.6 Å². The molecule has 2 amide bonds. The zero-order valence-corrected chi connectivity index (χ0v) is 56.7. The van der Waals surface area contributed by atoms with Gasteiger partial charge in [-0.3, -0.25) is 9.59 Å². The number of aliphatic hydroxyl groups is 20. The fraction of sp³-hybridized carbons (Fsp3) is 0.931. The highest BCUT2D eigenvalue weighted by Crippen LogP contribution is 2.39. The Morgan fingerprint density at radius 2 is 0.752 bits per heavy atom. The summed E-state index contributed by atoms with van der Waals surface area (Å²) < 4.78 is 86.6. The summed E-state index contributed by atoms with van der Waals surface area (Å²) in [6, 6.07) is -9.24. The van der Waals surface area contributed by atoms with Crippen LogP contribution in [0.1, 0.15) is 40.5 Å². The Bertz CT molecular complexity index is 2820. The van der Waals surface area contributed by atoms with Crippen LogP contribution in [0.2, 0.25) is 0 Å². The van der Waals surface area contributed by atoms with E-state index in [4.69, 9.17) is 94.0 Å². The molecule has 0 aliphatic carbocycles. The molecule has 0 aromatic carbocycles. The van der Waals surface area contributed by atoms with E-state index in [1.165, 1.54) is 13.8 Å². The second-order valence-electron chi connectivity index (χ2n) is 27.2. The molecule has 32 N–H and O–H groups in total. The predicted molar refractivity (Wildman–Crippen MR) is 327 cm³/mol. The van der Waals surface area contributed by atoms with Crippen molar-refractivity contribution in [3.8, 4) is 0 Å². The van der Waals surface area contributed by atoms with E-state index in [9.17, 15) is 132 Å². The fourth-order valence-corrected chi connectivity index (χ4v) is 13.3. The summed E-state index contributed by atoms with van der Waals surface area (Å²) in [6.45, 7) is -2.03. The number of nitrogens with two attached hydrogens (primary N) is 4. The van der Waals surface area contributed by atoms with Crippen LogP contribution in [-0.2, 0) is 90.2 Å². The molecule has 8 heterocycles. The van der Waals surface area contributed by atoms with E-state index >= 15 is 0 Å². The summed E-state index contributed by atoms with van der Waals surface area (Å²) in [4.78, 5) is 51.2. The van der Waals surface area contributed by atoms with Gasteiger partial charge in [-0.05, 0) is 13.8 Å². The molecule has 0 bridgehead atoms. The first-order valence-electron chi connectivity index (χ1n) is 33.4. The lowest BCUT2D eigenvalue weighted by atomic mass is 9.88. The molecule has 8 rings (SSSR count). The number of ether oxygens (including phenoxy) is 15. The number of amides is 2. The van der Waals surface area contributed by atoms with Crippen LogP contribution < -0.4 is 33.6 Å². The third-order valence-electron chi connectivity index (χ3n) is 19.6. The first kappa shape index (κ1) is 86.9. The van der Waals surface area contributed by atoms with Crippen LogP contribution in [-0.4, -0.2) is 432 Å². The molecular formula is C58H100N6O41. The molecule has 8 aliphatic rings. The highest BCUT2D eigenvalue weighted by Gasteiger charge is 2.61. The summed E-state index contributed by atoms with van der Waals surface area (Å²) in [5, 5.41) is 247. The molecule has 8 fully saturated rings. The van der Waals surface area contributed by atoms with Gasteiger partial charge in [-0.1, -0.05) is 0 Å². The van der Waals surface area contributed by atoms with E-state index in [1.807, 2.05) is 0 Å². The quantitative estimate of drug-likeness (QED) is 0.0346. The van der Waals surface area contributed by atoms with E-state index in [-0.39, 0.29) is 0 Å². The van der Waals surface area contributed by atoms with E-state index < -0.39 is 333 Å². The molecule has 42 atom stereocenters. The van der Waals surface area contributed by atoms with Gasteiger partial charge in [0.2, 0.25) is 11.8 Å². The highest BCUT2D eigenvalue weighted by molar-refractivity contribution is 5.76. The Kier molecular flexibility index (Phi) is 30.0. The van der Waals surface area contributed by atoms with Gasteiger partial charge in [0.25, 0.3) is 11.6 Å². The predicted octanol–water partition coefficient (Wildman–Crippen LogP) is -17.8. The lowest BCUT2D eigenvalue weighted by Gasteiger charge is -2.50. The summed E-state index contributed by atoms with van der Waals surface area (Å²) in [7, 11) is 0. The smallest absolute Gasteiger partial charge is 0.364 e. The van der Waals surface area contributed by atoms with Crippen LogP contribution in [0.3, 0.4) is 0 Å². The molecule has 0 saturated carbocycles. The van der Waals surface area contributed by atoms with Gasteiger partial charge in [-0.25, -0.2) is 9.59 Å². The molecule has 0 aromatic rings. The van der Waals surface area contributed by atoms with Gasteiger partial charge in [0.05, 0.1) is 100 Å². The molecule has 608 valence electrons. The van der Waals surface area contributed by atoms with E-state index in [0.29, 0.717) is 0 Å². The first-order chi connectivity index (χ1) is 49.1. The normalized spacial score (nSPS) is 48.3. The average Bonchev–Trinajstić information content (AvgIpc) is 0.779. The van der Waals surface area contributed by atoms with Gasteiger partial charge < -0.3 is 217 Å². The molecule has 8 aliphatic heterocycles. The summed E-state index contributed by atoms with van der Waals surface area (Å²) >= 11 is 0. The Balaban J connectivity index is 1.03. The largest absolute Gasteiger partial charge is 0.477 e. The monoisotopic (exact) mass is 1540 g/mol. The van der Waals surface area contributed by atoms with Crippen LogP contribution in [0.5, 0.6) is 0 Å². The van der Waals surface area contributed by atoms with Crippen LogP contribution in [0, 0.1) is 0 Å². The summed E-state index contributed by atoms with van der Waals surface area (Å²) in [5.41, 5.74) is 24.1. The maximum atomic E-state index is 13.2. The van der Waals surface area contributed by atoms with Crippen molar-refractivity contribution >= 4 is 23.8 Å². The molecule has 1 unspecified atom stereocenters. The van der Waals surface area contributed by atoms with Gasteiger partial charge in [0, 0.05) is 26.7 Å². The van der Waals surface area contributed by atoms with Crippen molar-refractivity contribution in [2.75, 3.05) is 39.6 Å². The maximum Gasteiger partial charge on any atom is 0.364 e. The van der Waals surface area contributed by atoms with Gasteiger partial charge in [-0.2, -0.15) is 0 Å². The molecule has 47 heteroatoms. The average molecular weight is 1540 g/mol.